The van der Waals surface area contributed by atoms with Crippen molar-refractivity contribution in [2.24, 2.45) is 0 Å². The first-order chi connectivity index (χ1) is 9.22. The van der Waals surface area contributed by atoms with E-state index in [0.717, 1.165) is 37.0 Å². The summed E-state index contributed by atoms with van der Waals surface area (Å²) in [4.78, 5) is 3.33. The zero-order chi connectivity index (χ0) is 13.6. The minimum atomic E-state index is 0.365. The van der Waals surface area contributed by atoms with Crippen LogP contribution in [0.15, 0.2) is 30.3 Å². The monoisotopic (exact) mass is 259 g/mol. The molecular weight excluding hydrogens is 236 g/mol. The van der Waals surface area contributed by atoms with Gasteiger partial charge < -0.3 is 14.1 Å². The SMILES string of the molecule is [C-]#[N+]CCOC1CC[N+](C)(Cc2ccccc2)CC1. The summed E-state index contributed by atoms with van der Waals surface area (Å²) in [7, 11) is 2.34. The summed E-state index contributed by atoms with van der Waals surface area (Å²) >= 11 is 0. The van der Waals surface area contributed by atoms with Crippen molar-refractivity contribution >= 4 is 0 Å². The molecule has 1 aliphatic heterocycles. The first-order valence-electron chi connectivity index (χ1n) is 7.04. The topological polar surface area (TPSA) is 13.6 Å². The fourth-order valence-corrected chi connectivity index (χ4v) is 2.78. The van der Waals surface area contributed by atoms with Gasteiger partial charge in [0.15, 0.2) is 0 Å². The molecule has 0 amide bonds. The van der Waals surface area contributed by atoms with Crippen LogP contribution in [-0.4, -0.2) is 43.9 Å². The van der Waals surface area contributed by atoms with E-state index in [9.17, 15) is 0 Å². The lowest BCUT2D eigenvalue weighted by Gasteiger charge is -2.40. The summed E-state index contributed by atoms with van der Waals surface area (Å²) in [5, 5.41) is 0. The number of piperidine rings is 1. The number of benzene rings is 1. The van der Waals surface area contributed by atoms with Crippen LogP contribution in [0, 0.1) is 6.57 Å². The van der Waals surface area contributed by atoms with Gasteiger partial charge in [-0.15, -0.1) is 0 Å². The predicted octanol–water partition coefficient (Wildman–Crippen LogP) is 2.73. The molecule has 0 aromatic heterocycles. The predicted molar refractivity (Wildman–Crippen MR) is 76.5 cm³/mol. The van der Waals surface area contributed by atoms with Crippen molar-refractivity contribution in [3.8, 4) is 0 Å². The zero-order valence-electron chi connectivity index (χ0n) is 11.7. The molecule has 2 rings (SSSR count). The van der Waals surface area contributed by atoms with E-state index in [1.54, 1.807) is 0 Å². The number of nitrogens with zero attached hydrogens (tertiary/aromatic N) is 2. The molecule has 1 aliphatic rings. The largest absolute Gasteiger partial charge is 0.370 e. The van der Waals surface area contributed by atoms with Crippen LogP contribution >= 0.6 is 0 Å². The third-order valence-corrected chi connectivity index (χ3v) is 3.95. The van der Waals surface area contributed by atoms with Crippen LogP contribution in [0.25, 0.3) is 4.85 Å². The van der Waals surface area contributed by atoms with Gasteiger partial charge in [-0.2, -0.15) is 0 Å². The Labute approximate surface area is 116 Å². The highest BCUT2D eigenvalue weighted by molar-refractivity contribution is 5.13. The average molecular weight is 259 g/mol. The van der Waals surface area contributed by atoms with E-state index in [0.29, 0.717) is 19.3 Å². The van der Waals surface area contributed by atoms with Crippen molar-refractivity contribution in [2.45, 2.75) is 25.5 Å². The Balaban J connectivity index is 1.80. The van der Waals surface area contributed by atoms with Crippen molar-refractivity contribution in [3.63, 3.8) is 0 Å². The van der Waals surface area contributed by atoms with Crippen molar-refractivity contribution in [3.05, 3.63) is 47.3 Å². The third kappa shape index (κ3) is 4.34. The molecule has 3 heteroatoms. The fourth-order valence-electron chi connectivity index (χ4n) is 2.78. The molecule has 102 valence electrons. The minimum Gasteiger partial charge on any atom is -0.370 e. The molecule has 0 unspecified atom stereocenters. The van der Waals surface area contributed by atoms with E-state index in [4.69, 9.17) is 11.3 Å². The van der Waals surface area contributed by atoms with Crippen LogP contribution in [0.1, 0.15) is 18.4 Å². The van der Waals surface area contributed by atoms with Gasteiger partial charge >= 0.3 is 0 Å². The van der Waals surface area contributed by atoms with Crippen LogP contribution < -0.4 is 0 Å². The molecule has 0 N–H and O–H groups in total. The highest BCUT2D eigenvalue weighted by Crippen LogP contribution is 2.22. The molecule has 1 saturated heterocycles. The molecule has 0 spiro atoms. The Bertz CT molecular complexity index is 416. The molecular formula is C16H23N2O+. The first-order valence-corrected chi connectivity index (χ1v) is 7.04. The quantitative estimate of drug-likeness (QED) is 0.450. The van der Waals surface area contributed by atoms with E-state index >= 15 is 0 Å². The Kier molecular flexibility index (Phi) is 4.95. The summed E-state index contributed by atoms with van der Waals surface area (Å²) in [6.45, 7) is 11.3. The third-order valence-electron chi connectivity index (χ3n) is 3.95. The van der Waals surface area contributed by atoms with Crippen LogP contribution in [0.2, 0.25) is 0 Å². The van der Waals surface area contributed by atoms with Gasteiger partial charge in [0.2, 0.25) is 6.54 Å². The van der Waals surface area contributed by atoms with Gasteiger partial charge in [-0.3, -0.25) is 0 Å². The molecule has 0 bridgehead atoms. The van der Waals surface area contributed by atoms with E-state index < -0.39 is 0 Å². The van der Waals surface area contributed by atoms with Gasteiger partial charge in [0.05, 0.1) is 26.2 Å². The summed E-state index contributed by atoms with van der Waals surface area (Å²) in [5.41, 5.74) is 1.41. The van der Waals surface area contributed by atoms with Crippen LogP contribution in [0.3, 0.4) is 0 Å². The van der Waals surface area contributed by atoms with Gasteiger partial charge in [-0.05, 0) is 0 Å². The standard InChI is InChI=1S/C16H23N2O/c1-17-10-13-19-16-8-11-18(2,12-9-16)14-15-6-4-3-5-7-15/h3-7,16H,8-14H2,2H3/q+1. The van der Waals surface area contributed by atoms with E-state index in [1.165, 1.54) is 5.56 Å². The fraction of sp³-hybridized carbons (Fsp3) is 0.562. The highest BCUT2D eigenvalue weighted by Gasteiger charge is 2.30. The smallest absolute Gasteiger partial charge is 0.237 e. The number of likely N-dealkylation sites (tertiary alicyclic amines) is 1. The number of hydrogen-bond acceptors (Lipinski definition) is 1. The normalized spacial score (nSPS) is 26.8. The summed E-state index contributed by atoms with van der Waals surface area (Å²) in [5.74, 6) is 0. The van der Waals surface area contributed by atoms with E-state index in [2.05, 4.69) is 42.2 Å². The first kappa shape index (κ1) is 14.0. The zero-order valence-corrected chi connectivity index (χ0v) is 11.7. The van der Waals surface area contributed by atoms with Crippen LogP contribution in [0.5, 0.6) is 0 Å². The Morgan fingerprint density at radius 1 is 1.26 bits per heavy atom. The molecule has 0 radical (unpaired) electrons. The number of rotatable bonds is 5. The van der Waals surface area contributed by atoms with Gasteiger partial charge in [0, 0.05) is 18.4 Å². The molecule has 1 aromatic carbocycles. The molecule has 0 saturated carbocycles. The lowest BCUT2D eigenvalue weighted by Crippen LogP contribution is -2.50. The van der Waals surface area contributed by atoms with Crippen molar-refractivity contribution in [1.82, 2.24) is 0 Å². The van der Waals surface area contributed by atoms with Crippen molar-refractivity contribution < 1.29 is 9.22 Å². The van der Waals surface area contributed by atoms with Crippen molar-refractivity contribution in [1.29, 1.82) is 0 Å². The summed E-state index contributed by atoms with van der Waals surface area (Å²) in [6, 6.07) is 10.7. The second-order valence-corrected chi connectivity index (χ2v) is 5.66. The molecule has 0 atom stereocenters. The lowest BCUT2D eigenvalue weighted by atomic mass is 10.0. The second kappa shape index (κ2) is 6.70. The molecule has 19 heavy (non-hydrogen) atoms. The second-order valence-electron chi connectivity index (χ2n) is 5.66. The van der Waals surface area contributed by atoms with Crippen LogP contribution in [-0.2, 0) is 11.3 Å². The van der Waals surface area contributed by atoms with Gasteiger partial charge in [-0.1, -0.05) is 30.3 Å². The Morgan fingerprint density at radius 2 is 1.95 bits per heavy atom. The molecule has 1 fully saturated rings. The Hall–Kier alpha value is -1.37. The van der Waals surface area contributed by atoms with Gasteiger partial charge in [0.25, 0.3) is 0 Å². The molecule has 3 nitrogen and oxygen atoms in total. The van der Waals surface area contributed by atoms with E-state index in [1.807, 2.05) is 0 Å². The van der Waals surface area contributed by atoms with Crippen molar-refractivity contribution in [2.75, 3.05) is 33.3 Å². The van der Waals surface area contributed by atoms with Gasteiger partial charge in [0.1, 0.15) is 13.2 Å². The Morgan fingerprint density at radius 3 is 2.58 bits per heavy atom. The molecule has 0 aliphatic carbocycles. The number of ether oxygens (including phenoxy) is 1. The van der Waals surface area contributed by atoms with Gasteiger partial charge in [-0.25, -0.2) is 6.57 Å². The van der Waals surface area contributed by atoms with E-state index in [-0.39, 0.29) is 0 Å². The molecule has 1 aromatic rings. The maximum absolute atomic E-state index is 6.75. The minimum absolute atomic E-state index is 0.365. The number of quaternary nitrogens is 1. The summed E-state index contributed by atoms with van der Waals surface area (Å²) in [6.07, 6.45) is 2.59. The highest BCUT2D eigenvalue weighted by atomic mass is 16.5. The summed E-state index contributed by atoms with van der Waals surface area (Å²) < 4.78 is 6.85. The maximum atomic E-state index is 6.75. The number of hydrogen-bond donors (Lipinski definition) is 0. The lowest BCUT2D eigenvalue weighted by molar-refractivity contribution is -0.928. The van der Waals surface area contributed by atoms with Crippen LogP contribution in [0.4, 0.5) is 0 Å². The molecule has 1 heterocycles. The average Bonchev–Trinajstić information content (AvgIpc) is 2.42. The maximum Gasteiger partial charge on any atom is 0.237 e.